The summed E-state index contributed by atoms with van der Waals surface area (Å²) in [6, 6.07) is 25.0. The molecule has 2 N–H and O–H groups in total. The van der Waals surface area contributed by atoms with Gasteiger partial charge in [-0.2, -0.15) is 4.98 Å². The van der Waals surface area contributed by atoms with E-state index in [1.165, 1.54) is 17.7 Å². The molecule has 0 unspecified atom stereocenters. The van der Waals surface area contributed by atoms with Crippen LogP contribution in [0.5, 0.6) is 0 Å². The number of nitrogens with two attached hydrogens (primary N) is 1. The van der Waals surface area contributed by atoms with Gasteiger partial charge >= 0.3 is 0 Å². The van der Waals surface area contributed by atoms with E-state index in [4.69, 9.17) is 20.8 Å². The highest BCUT2D eigenvalue weighted by molar-refractivity contribution is 5.99. The molecule has 0 radical (unpaired) electrons. The Morgan fingerprint density at radius 1 is 0.919 bits per heavy atom. The molecular weight excluding hydrogens is 463 g/mol. The van der Waals surface area contributed by atoms with Crippen LogP contribution in [0.2, 0.25) is 0 Å². The number of aromatic nitrogens is 4. The average molecular weight is 493 g/mol. The van der Waals surface area contributed by atoms with Crippen LogP contribution >= 0.6 is 0 Å². The summed E-state index contributed by atoms with van der Waals surface area (Å²) >= 11 is 0. The zero-order valence-corrected chi connectivity index (χ0v) is 20.8. The standard InChI is InChI=1S/C30H29FN6/c1-20-6-5-9-25(18-20)37-28(32)26-27(23-10-12-24(31)13-11-23)33-30(34-29(26)35-37)36-16-14-22(15-17-36)19-21-7-3-2-4-8-21/h2-13,18,22H,14-17,19,32H2,1H3. The predicted octanol–water partition coefficient (Wildman–Crippen LogP) is 5.97. The Balaban J connectivity index is 1.37. The Kier molecular flexibility index (Phi) is 6.04. The van der Waals surface area contributed by atoms with Gasteiger partial charge in [-0.25, -0.2) is 14.1 Å². The van der Waals surface area contributed by atoms with E-state index in [0.717, 1.165) is 49.2 Å². The number of aryl methyl sites for hydroxylation is 1. The number of halogens is 1. The second-order valence-corrected chi connectivity index (χ2v) is 9.83. The smallest absolute Gasteiger partial charge is 0.228 e. The van der Waals surface area contributed by atoms with Crippen LogP contribution in [0.25, 0.3) is 28.0 Å². The third-order valence-electron chi connectivity index (χ3n) is 7.19. The van der Waals surface area contributed by atoms with Gasteiger partial charge < -0.3 is 10.6 Å². The molecule has 1 aliphatic heterocycles. The third-order valence-corrected chi connectivity index (χ3v) is 7.19. The maximum absolute atomic E-state index is 13.7. The van der Waals surface area contributed by atoms with Gasteiger partial charge in [-0.15, -0.1) is 5.10 Å². The number of benzene rings is 3. The highest BCUT2D eigenvalue weighted by Gasteiger charge is 2.25. The van der Waals surface area contributed by atoms with Crippen LogP contribution < -0.4 is 10.6 Å². The lowest BCUT2D eigenvalue weighted by Crippen LogP contribution is -2.35. The largest absolute Gasteiger partial charge is 0.383 e. The van der Waals surface area contributed by atoms with Gasteiger partial charge in [0.15, 0.2) is 5.65 Å². The van der Waals surface area contributed by atoms with Gasteiger partial charge in [0.05, 0.1) is 16.8 Å². The minimum Gasteiger partial charge on any atom is -0.383 e. The molecule has 6 rings (SSSR count). The number of rotatable bonds is 5. The number of anilines is 2. The monoisotopic (exact) mass is 492 g/mol. The maximum Gasteiger partial charge on any atom is 0.228 e. The summed E-state index contributed by atoms with van der Waals surface area (Å²) in [5.74, 6) is 1.44. The molecule has 0 saturated carbocycles. The molecule has 1 aliphatic rings. The van der Waals surface area contributed by atoms with Crippen molar-refractivity contribution in [3.8, 4) is 16.9 Å². The van der Waals surface area contributed by atoms with E-state index in [1.807, 2.05) is 31.2 Å². The van der Waals surface area contributed by atoms with Gasteiger partial charge in [0.2, 0.25) is 5.95 Å². The van der Waals surface area contributed by atoms with Crippen molar-refractivity contribution in [1.82, 2.24) is 19.7 Å². The molecule has 0 atom stereocenters. The van der Waals surface area contributed by atoms with Gasteiger partial charge in [0.1, 0.15) is 11.6 Å². The normalized spacial score (nSPS) is 14.4. The van der Waals surface area contributed by atoms with Crippen LogP contribution in [0, 0.1) is 18.7 Å². The van der Waals surface area contributed by atoms with Crippen molar-refractivity contribution in [2.45, 2.75) is 26.2 Å². The first-order chi connectivity index (χ1) is 18.0. The third kappa shape index (κ3) is 4.65. The lowest BCUT2D eigenvalue weighted by molar-refractivity contribution is 0.401. The average Bonchev–Trinajstić information content (AvgIpc) is 3.26. The molecule has 3 aromatic carbocycles. The fourth-order valence-corrected chi connectivity index (χ4v) is 5.20. The van der Waals surface area contributed by atoms with Gasteiger partial charge in [0, 0.05) is 18.7 Å². The fourth-order valence-electron chi connectivity index (χ4n) is 5.20. The minimum absolute atomic E-state index is 0.293. The molecular formula is C30H29FN6. The molecule has 6 nitrogen and oxygen atoms in total. The molecule has 186 valence electrons. The van der Waals surface area contributed by atoms with Crippen LogP contribution in [0.3, 0.4) is 0 Å². The first-order valence-corrected chi connectivity index (χ1v) is 12.7. The summed E-state index contributed by atoms with van der Waals surface area (Å²) in [6.07, 6.45) is 3.23. The van der Waals surface area contributed by atoms with E-state index in [1.54, 1.807) is 16.8 Å². The molecule has 0 aliphatic carbocycles. The SMILES string of the molecule is Cc1cccc(-n2nc3nc(N4CCC(Cc5ccccc5)CC4)nc(-c4ccc(F)cc4)c3c2N)c1. The van der Waals surface area contributed by atoms with Crippen molar-refractivity contribution in [3.63, 3.8) is 0 Å². The first-order valence-electron chi connectivity index (χ1n) is 12.7. The van der Waals surface area contributed by atoms with Crippen molar-refractivity contribution in [2.24, 2.45) is 5.92 Å². The van der Waals surface area contributed by atoms with Crippen molar-refractivity contribution < 1.29 is 4.39 Å². The molecule has 3 heterocycles. The zero-order chi connectivity index (χ0) is 25.4. The van der Waals surface area contributed by atoms with Crippen molar-refractivity contribution >= 4 is 22.8 Å². The second kappa shape index (κ2) is 9.65. The van der Waals surface area contributed by atoms with Crippen molar-refractivity contribution in [3.05, 3.63) is 95.8 Å². The first kappa shape index (κ1) is 23.2. The van der Waals surface area contributed by atoms with Crippen LogP contribution in [0.15, 0.2) is 78.9 Å². The molecule has 0 spiro atoms. The van der Waals surface area contributed by atoms with Crippen molar-refractivity contribution in [2.75, 3.05) is 23.7 Å². The van der Waals surface area contributed by atoms with Gasteiger partial charge in [-0.3, -0.25) is 0 Å². The zero-order valence-electron chi connectivity index (χ0n) is 20.8. The molecule has 2 aromatic heterocycles. The van der Waals surface area contributed by atoms with Crippen LogP contribution in [-0.4, -0.2) is 32.8 Å². The maximum atomic E-state index is 13.7. The Morgan fingerprint density at radius 2 is 1.68 bits per heavy atom. The van der Waals surface area contributed by atoms with Gasteiger partial charge in [-0.1, -0.05) is 42.5 Å². The van der Waals surface area contributed by atoms with E-state index in [2.05, 4.69) is 35.2 Å². The quantitative estimate of drug-likeness (QED) is 0.327. The van der Waals surface area contributed by atoms with E-state index < -0.39 is 0 Å². The fraction of sp³-hybridized carbons (Fsp3) is 0.233. The lowest BCUT2D eigenvalue weighted by atomic mass is 9.90. The Hall–Kier alpha value is -4.26. The van der Waals surface area contributed by atoms with Crippen LogP contribution in [0.1, 0.15) is 24.0 Å². The Bertz CT molecular complexity index is 1540. The Labute approximate surface area is 215 Å². The number of nitrogens with zero attached hydrogens (tertiary/aromatic N) is 5. The van der Waals surface area contributed by atoms with Crippen LogP contribution in [-0.2, 0) is 6.42 Å². The van der Waals surface area contributed by atoms with E-state index in [-0.39, 0.29) is 5.82 Å². The van der Waals surface area contributed by atoms with Gasteiger partial charge in [0.25, 0.3) is 0 Å². The summed E-state index contributed by atoms with van der Waals surface area (Å²) in [4.78, 5) is 12.1. The minimum atomic E-state index is -0.293. The second-order valence-electron chi connectivity index (χ2n) is 9.83. The molecule has 1 saturated heterocycles. The van der Waals surface area contributed by atoms with Crippen molar-refractivity contribution in [1.29, 1.82) is 0 Å². The number of piperidine rings is 1. The highest BCUT2D eigenvalue weighted by Crippen LogP contribution is 2.34. The van der Waals surface area contributed by atoms with Crippen LogP contribution in [0.4, 0.5) is 16.2 Å². The summed E-state index contributed by atoms with van der Waals surface area (Å²) < 4.78 is 15.5. The summed E-state index contributed by atoms with van der Waals surface area (Å²) in [5, 5.41) is 5.47. The predicted molar refractivity (Wildman–Crippen MR) is 146 cm³/mol. The topological polar surface area (TPSA) is 72.9 Å². The van der Waals surface area contributed by atoms with E-state index in [9.17, 15) is 4.39 Å². The molecule has 7 heteroatoms. The Morgan fingerprint density at radius 3 is 2.41 bits per heavy atom. The number of hydrogen-bond acceptors (Lipinski definition) is 5. The number of nitrogen functional groups attached to an aromatic ring is 1. The molecule has 37 heavy (non-hydrogen) atoms. The highest BCUT2D eigenvalue weighted by atomic mass is 19.1. The number of fused-ring (bicyclic) bond motifs is 1. The van der Waals surface area contributed by atoms with Gasteiger partial charge in [-0.05, 0) is 79.6 Å². The summed E-state index contributed by atoms with van der Waals surface area (Å²) in [6.45, 7) is 3.78. The molecule has 1 fully saturated rings. The summed E-state index contributed by atoms with van der Waals surface area (Å²) in [5.41, 5.74) is 12.0. The molecule has 0 amide bonds. The van der Waals surface area contributed by atoms with E-state index >= 15 is 0 Å². The molecule has 5 aromatic rings. The summed E-state index contributed by atoms with van der Waals surface area (Å²) in [7, 11) is 0. The van der Waals surface area contributed by atoms with E-state index in [0.29, 0.717) is 34.4 Å². The lowest BCUT2D eigenvalue weighted by Gasteiger charge is -2.32. The number of hydrogen-bond donors (Lipinski definition) is 1. The molecule has 0 bridgehead atoms.